The van der Waals surface area contributed by atoms with Crippen LogP contribution >= 0.6 is 11.8 Å². The smallest absolute Gasteiger partial charge is 0.310 e. The molecular weight excluding hydrogens is 536 g/mol. The molecule has 3 rings (SSSR count). The fourth-order valence-corrected chi connectivity index (χ4v) is 10.0. The first kappa shape index (κ1) is 33.7. The summed E-state index contributed by atoms with van der Waals surface area (Å²) in [6.07, 6.45) is 8.92. The van der Waals surface area contributed by atoms with Crippen molar-refractivity contribution in [2.24, 2.45) is 23.2 Å². The van der Waals surface area contributed by atoms with E-state index in [-0.39, 0.29) is 41.0 Å². The summed E-state index contributed by atoms with van der Waals surface area (Å²) in [5, 5.41) is 10.5. The van der Waals surface area contributed by atoms with Gasteiger partial charge in [0, 0.05) is 17.3 Å². The van der Waals surface area contributed by atoms with E-state index >= 15 is 0 Å². The van der Waals surface area contributed by atoms with E-state index < -0.39 is 34.2 Å². The first-order chi connectivity index (χ1) is 19.1. The van der Waals surface area contributed by atoms with E-state index in [9.17, 15) is 19.5 Å². The lowest BCUT2D eigenvalue weighted by atomic mass is 9.71. The first-order valence-electron chi connectivity index (χ1n) is 15.5. The zero-order valence-electron chi connectivity index (χ0n) is 26.5. The maximum Gasteiger partial charge on any atom is 0.310 e. The zero-order chi connectivity index (χ0) is 30.8. The van der Waals surface area contributed by atoms with Gasteiger partial charge in [0.25, 0.3) is 0 Å². The summed E-state index contributed by atoms with van der Waals surface area (Å²) in [7, 11) is 0. The molecule has 41 heavy (non-hydrogen) atoms. The van der Waals surface area contributed by atoms with Gasteiger partial charge in [0.2, 0.25) is 11.8 Å². The van der Waals surface area contributed by atoms with E-state index in [4.69, 9.17) is 4.74 Å². The van der Waals surface area contributed by atoms with Crippen LogP contribution in [0.5, 0.6) is 0 Å². The number of carbonyl (C=O) groups is 3. The van der Waals surface area contributed by atoms with Gasteiger partial charge in [-0.1, -0.05) is 46.8 Å². The Balaban J connectivity index is 2.04. The third-order valence-corrected chi connectivity index (χ3v) is 10.9. The van der Waals surface area contributed by atoms with Crippen LogP contribution in [0.1, 0.15) is 93.4 Å². The zero-order valence-corrected chi connectivity index (χ0v) is 27.3. The van der Waals surface area contributed by atoms with Crippen molar-refractivity contribution >= 4 is 29.5 Å². The molecule has 0 aromatic rings. The van der Waals surface area contributed by atoms with Crippen molar-refractivity contribution in [3.8, 4) is 0 Å². The number of nitrogens with zero attached hydrogens (tertiary/aromatic N) is 2. The highest BCUT2D eigenvalue weighted by Crippen LogP contribution is 2.67. The number of ether oxygens (including phenoxy) is 1. The molecule has 0 aromatic carbocycles. The van der Waals surface area contributed by atoms with Crippen molar-refractivity contribution < 1.29 is 24.2 Å². The number of hydrogen-bond donors (Lipinski definition) is 1. The average molecular weight is 591 g/mol. The Kier molecular flexibility index (Phi) is 10.9. The minimum Gasteiger partial charge on any atom is -0.465 e. The number of carbonyl (C=O) groups excluding carboxylic acids is 3. The van der Waals surface area contributed by atoms with Gasteiger partial charge in [-0.15, -0.1) is 24.9 Å². The van der Waals surface area contributed by atoms with Gasteiger partial charge in [-0.2, -0.15) is 0 Å². The lowest BCUT2D eigenvalue weighted by Crippen LogP contribution is -2.61. The standard InChI is InChI=1S/C33H54N2O5S/c1-10-12-13-14-18-40-30(39)25-24-15-16-33(41-24)26(25)28(37)35(23(20-36)19-22(3)4)27(33)29(38)34(17-11-2)32(8,9)21-31(5,6)7/h10-11,22-27,36H,1-2,12-21H2,3-9H3/t23-,24-,25+,26+,27?,33?/m1/s1. The molecule has 2 amide bonds. The lowest BCUT2D eigenvalue weighted by Gasteiger charge is -2.46. The summed E-state index contributed by atoms with van der Waals surface area (Å²) >= 11 is 1.65. The molecule has 0 saturated carbocycles. The molecular formula is C33H54N2O5S. The summed E-state index contributed by atoms with van der Waals surface area (Å²) in [5.74, 6) is -1.60. The Morgan fingerprint density at radius 2 is 1.88 bits per heavy atom. The predicted octanol–water partition coefficient (Wildman–Crippen LogP) is 5.61. The van der Waals surface area contributed by atoms with Crippen molar-refractivity contribution in [2.75, 3.05) is 19.8 Å². The third kappa shape index (κ3) is 6.90. The van der Waals surface area contributed by atoms with Gasteiger partial charge in [0.1, 0.15) is 6.04 Å². The molecule has 6 atom stereocenters. The van der Waals surface area contributed by atoms with Gasteiger partial charge < -0.3 is 19.6 Å². The Morgan fingerprint density at radius 1 is 1.20 bits per heavy atom. The van der Waals surface area contributed by atoms with Crippen LogP contribution < -0.4 is 0 Å². The predicted molar refractivity (Wildman–Crippen MR) is 166 cm³/mol. The molecule has 0 radical (unpaired) electrons. The number of aliphatic hydroxyl groups is 1. The molecule has 0 aromatic heterocycles. The quantitative estimate of drug-likeness (QED) is 0.152. The molecule has 1 spiro atoms. The highest BCUT2D eigenvalue weighted by Gasteiger charge is 2.75. The van der Waals surface area contributed by atoms with Gasteiger partial charge in [0.15, 0.2) is 0 Å². The molecule has 232 valence electrons. The van der Waals surface area contributed by atoms with Crippen molar-refractivity contribution in [2.45, 2.75) is 121 Å². The van der Waals surface area contributed by atoms with Crippen LogP contribution in [0.15, 0.2) is 25.3 Å². The number of thioether (sulfide) groups is 1. The van der Waals surface area contributed by atoms with Crippen molar-refractivity contribution in [3.63, 3.8) is 0 Å². The maximum atomic E-state index is 14.9. The molecule has 8 heteroatoms. The summed E-state index contributed by atoms with van der Waals surface area (Å²) in [6.45, 7) is 22.9. The normalized spacial score (nSPS) is 28.1. The molecule has 3 aliphatic heterocycles. The van der Waals surface area contributed by atoms with Crippen LogP contribution in [-0.4, -0.2) is 80.1 Å². The number of likely N-dealkylation sites (tertiary alicyclic amines) is 1. The van der Waals surface area contributed by atoms with E-state index in [1.54, 1.807) is 22.7 Å². The van der Waals surface area contributed by atoms with Crippen LogP contribution in [-0.2, 0) is 19.1 Å². The topological polar surface area (TPSA) is 87.1 Å². The number of esters is 1. The minimum absolute atomic E-state index is 0.0262. The summed E-state index contributed by atoms with van der Waals surface area (Å²) < 4.78 is 5.03. The highest BCUT2D eigenvalue weighted by atomic mass is 32.2. The van der Waals surface area contributed by atoms with Crippen LogP contribution in [0.25, 0.3) is 0 Å². The minimum atomic E-state index is -0.754. The van der Waals surface area contributed by atoms with E-state index in [1.165, 1.54) is 0 Å². The van der Waals surface area contributed by atoms with Gasteiger partial charge >= 0.3 is 5.97 Å². The molecule has 3 aliphatic rings. The molecule has 2 bridgehead atoms. The van der Waals surface area contributed by atoms with E-state index in [0.29, 0.717) is 26.0 Å². The fraction of sp³-hybridized carbons (Fsp3) is 0.788. The fourth-order valence-electron chi connectivity index (χ4n) is 7.82. The second kappa shape index (κ2) is 13.2. The van der Waals surface area contributed by atoms with Crippen molar-refractivity contribution in [1.29, 1.82) is 0 Å². The number of unbranched alkanes of at least 4 members (excludes halogenated alkanes) is 2. The SMILES string of the molecule is C=CCCCCOC(=O)[C@@H]1[C@H]2C(=O)N([C@@H](CO)CC(C)C)C(C(=O)N(CC=C)C(C)(C)CC(C)(C)C)C23CC[C@H]1S3. The van der Waals surface area contributed by atoms with Crippen LogP contribution in [0, 0.1) is 23.2 Å². The van der Waals surface area contributed by atoms with Gasteiger partial charge in [-0.05, 0) is 70.1 Å². The number of allylic oxidation sites excluding steroid dienone is 1. The largest absolute Gasteiger partial charge is 0.465 e. The maximum absolute atomic E-state index is 14.9. The van der Waals surface area contributed by atoms with Crippen LogP contribution in [0.3, 0.4) is 0 Å². The van der Waals surface area contributed by atoms with Gasteiger partial charge in [-0.3, -0.25) is 14.4 Å². The summed E-state index contributed by atoms with van der Waals surface area (Å²) in [6, 6.07) is -1.25. The monoisotopic (exact) mass is 590 g/mol. The highest BCUT2D eigenvalue weighted by molar-refractivity contribution is 8.02. The second-order valence-electron chi connectivity index (χ2n) is 14.5. The van der Waals surface area contributed by atoms with Crippen molar-refractivity contribution in [3.05, 3.63) is 25.3 Å². The molecule has 2 unspecified atom stereocenters. The average Bonchev–Trinajstić information content (AvgIpc) is 3.51. The number of hydrogen-bond acceptors (Lipinski definition) is 6. The van der Waals surface area contributed by atoms with Gasteiger partial charge in [0.05, 0.1) is 35.8 Å². The molecule has 1 N–H and O–H groups in total. The molecule has 3 fully saturated rings. The summed E-state index contributed by atoms with van der Waals surface area (Å²) in [5.41, 5.74) is -0.521. The van der Waals surface area contributed by atoms with Crippen LogP contribution in [0.2, 0.25) is 0 Å². The Hall–Kier alpha value is -1.80. The number of amides is 2. The van der Waals surface area contributed by atoms with E-state index in [0.717, 1.165) is 32.1 Å². The summed E-state index contributed by atoms with van der Waals surface area (Å²) in [4.78, 5) is 46.4. The molecule has 0 aliphatic carbocycles. The Morgan fingerprint density at radius 3 is 2.44 bits per heavy atom. The van der Waals surface area contributed by atoms with Crippen molar-refractivity contribution in [1.82, 2.24) is 9.80 Å². The van der Waals surface area contributed by atoms with Crippen LogP contribution in [0.4, 0.5) is 0 Å². The molecule has 3 heterocycles. The van der Waals surface area contributed by atoms with E-state index in [1.807, 2.05) is 11.0 Å². The second-order valence-corrected chi connectivity index (χ2v) is 16.1. The number of rotatable bonds is 15. The number of aliphatic hydroxyl groups excluding tert-OH is 1. The Bertz CT molecular complexity index is 989. The number of fused-ring (bicyclic) bond motifs is 1. The third-order valence-electron chi connectivity index (χ3n) is 8.91. The Labute approximate surface area is 252 Å². The first-order valence-corrected chi connectivity index (χ1v) is 16.3. The van der Waals surface area contributed by atoms with Gasteiger partial charge in [-0.25, -0.2) is 0 Å². The van der Waals surface area contributed by atoms with E-state index in [2.05, 4.69) is 61.6 Å². The lowest BCUT2D eigenvalue weighted by molar-refractivity contribution is -0.155. The molecule has 3 saturated heterocycles. The molecule has 7 nitrogen and oxygen atoms in total.